The number of nitrogens with one attached hydrogen (secondary N) is 1. The molecule has 2 amide bonds. The van der Waals surface area contributed by atoms with E-state index in [9.17, 15) is 18.0 Å². The Morgan fingerprint density at radius 3 is 2.70 bits per heavy atom. The summed E-state index contributed by atoms with van der Waals surface area (Å²) in [4.78, 5) is 28.1. The Labute approximate surface area is 133 Å². The van der Waals surface area contributed by atoms with E-state index < -0.39 is 21.8 Å². The quantitative estimate of drug-likeness (QED) is 0.919. The summed E-state index contributed by atoms with van der Waals surface area (Å²) < 4.78 is 25.4. The number of anilines is 1. The Bertz CT molecular complexity index is 894. The van der Waals surface area contributed by atoms with Crippen LogP contribution in [0.2, 0.25) is 0 Å². The summed E-state index contributed by atoms with van der Waals surface area (Å²) in [5, 5.41) is 2.57. The average Bonchev–Trinajstić information content (AvgIpc) is 2.74. The third kappa shape index (κ3) is 2.46. The lowest BCUT2D eigenvalue weighted by Crippen LogP contribution is -2.29. The van der Waals surface area contributed by atoms with Gasteiger partial charge in [0.1, 0.15) is 10.7 Å². The fourth-order valence-electron chi connectivity index (χ4n) is 2.35. The van der Waals surface area contributed by atoms with Crippen molar-refractivity contribution in [3.63, 3.8) is 0 Å². The van der Waals surface area contributed by atoms with E-state index in [4.69, 9.17) is 0 Å². The number of carbonyl (C=O) groups excluding carboxylic acids is 2. The molecule has 3 rings (SSSR count). The van der Waals surface area contributed by atoms with Crippen LogP contribution in [0.15, 0.2) is 47.5 Å². The van der Waals surface area contributed by atoms with Crippen LogP contribution in [0.25, 0.3) is 0 Å². The van der Waals surface area contributed by atoms with Gasteiger partial charge < -0.3 is 5.32 Å². The minimum absolute atomic E-state index is 0.0469. The molecule has 118 valence electrons. The minimum Gasteiger partial charge on any atom is -0.307 e. The van der Waals surface area contributed by atoms with Crippen molar-refractivity contribution in [1.29, 1.82) is 0 Å². The number of rotatable bonds is 3. The monoisotopic (exact) mass is 331 g/mol. The average molecular weight is 331 g/mol. The van der Waals surface area contributed by atoms with Gasteiger partial charge in [-0.05, 0) is 37.3 Å². The molecule has 0 aliphatic carbocycles. The number of hydrogen-bond acceptors (Lipinski definition) is 5. The maximum absolute atomic E-state index is 12.3. The Morgan fingerprint density at radius 2 is 2.04 bits per heavy atom. The number of pyridine rings is 1. The van der Waals surface area contributed by atoms with Crippen LogP contribution in [0.3, 0.4) is 0 Å². The molecular formula is C15H13N3O4S. The van der Waals surface area contributed by atoms with Gasteiger partial charge >= 0.3 is 0 Å². The third-order valence-electron chi connectivity index (χ3n) is 3.46. The van der Waals surface area contributed by atoms with E-state index in [1.54, 1.807) is 25.1 Å². The van der Waals surface area contributed by atoms with Crippen LogP contribution in [-0.2, 0) is 10.0 Å². The number of sulfonamides is 1. The van der Waals surface area contributed by atoms with Crippen molar-refractivity contribution in [3.05, 3.63) is 53.7 Å². The Kier molecular flexibility index (Phi) is 3.61. The van der Waals surface area contributed by atoms with Crippen molar-refractivity contribution in [2.24, 2.45) is 0 Å². The number of aromatic nitrogens is 1. The third-order valence-corrected chi connectivity index (χ3v) is 5.36. The molecule has 0 saturated heterocycles. The molecule has 1 aromatic carbocycles. The number of fused-ring (bicyclic) bond motifs is 1. The van der Waals surface area contributed by atoms with Gasteiger partial charge in [-0.15, -0.1) is 0 Å². The second-order valence-electron chi connectivity index (χ2n) is 4.85. The summed E-state index contributed by atoms with van der Waals surface area (Å²) in [7, 11) is -3.89. The molecule has 0 bridgehead atoms. The number of amides is 2. The molecular weight excluding hydrogens is 318 g/mol. The summed E-state index contributed by atoms with van der Waals surface area (Å²) in [5.74, 6) is -0.713. The standard InChI is InChI=1S/C15H13N3O4S/c1-2-18-15(20)11-7-6-10(9-12(11)23(18,21)22)14(19)17-13-5-3-4-8-16-13/h3-9H,2H2,1H3,(H,16,17,19). The fraction of sp³-hybridized carbons (Fsp3) is 0.133. The largest absolute Gasteiger partial charge is 0.307 e. The highest BCUT2D eigenvalue weighted by molar-refractivity contribution is 7.90. The van der Waals surface area contributed by atoms with Crippen LogP contribution in [0.5, 0.6) is 0 Å². The molecule has 0 unspecified atom stereocenters. The molecule has 0 saturated carbocycles. The topological polar surface area (TPSA) is 96.4 Å². The molecule has 1 N–H and O–H groups in total. The molecule has 2 aromatic rings. The lowest BCUT2D eigenvalue weighted by atomic mass is 10.1. The van der Waals surface area contributed by atoms with Crippen LogP contribution in [-0.4, -0.2) is 36.1 Å². The highest BCUT2D eigenvalue weighted by Crippen LogP contribution is 2.30. The zero-order chi connectivity index (χ0) is 16.6. The first kappa shape index (κ1) is 15.2. The summed E-state index contributed by atoms with van der Waals surface area (Å²) in [6.07, 6.45) is 1.53. The van der Waals surface area contributed by atoms with Gasteiger partial charge in [0.25, 0.3) is 21.8 Å². The summed E-state index contributed by atoms with van der Waals surface area (Å²) in [6, 6.07) is 9.04. The van der Waals surface area contributed by atoms with Crippen molar-refractivity contribution in [1.82, 2.24) is 9.29 Å². The lowest BCUT2D eigenvalue weighted by molar-refractivity contribution is 0.0875. The zero-order valence-corrected chi connectivity index (χ0v) is 13.0. The summed E-state index contributed by atoms with van der Waals surface area (Å²) in [6.45, 7) is 1.63. The number of benzene rings is 1. The summed E-state index contributed by atoms with van der Waals surface area (Å²) >= 11 is 0. The molecule has 7 nitrogen and oxygen atoms in total. The maximum Gasteiger partial charge on any atom is 0.268 e. The van der Waals surface area contributed by atoms with Gasteiger partial charge in [0.05, 0.1) is 5.56 Å². The van der Waals surface area contributed by atoms with Gasteiger partial charge in [-0.1, -0.05) is 6.07 Å². The molecule has 1 aliphatic heterocycles. The second kappa shape index (κ2) is 5.47. The first-order valence-electron chi connectivity index (χ1n) is 6.88. The van der Waals surface area contributed by atoms with Gasteiger partial charge in [-0.3, -0.25) is 9.59 Å². The van der Waals surface area contributed by atoms with E-state index in [1.807, 2.05) is 0 Å². The van der Waals surface area contributed by atoms with Crippen molar-refractivity contribution in [2.75, 3.05) is 11.9 Å². The normalized spacial score (nSPS) is 15.3. The van der Waals surface area contributed by atoms with E-state index in [1.165, 1.54) is 24.4 Å². The molecule has 0 radical (unpaired) electrons. The second-order valence-corrected chi connectivity index (χ2v) is 6.69. The van der Waals surface area contributed by atoms with Gasteiger partial charge in [0, 0.05) is 18.3 Å². The van der Waals surface area contributed by atoms with E-state index in [0.717, 1.165) is 4.31 Å². The van der Waals surface area contributed by atoms with E-state index in [-0.39, 0.29) is 22.6 Å². The van der Waals surface area contributed by atoms with Crippen LogP contribution < -0.4 is 5.32 Å². The van der Waals surface area contributed by atoms with E-state index >= 15 is 0 Å². The predicted octanol–water partition coefficient (Wildman–Crippen LogP) is 1.50. The van der Waals surface area contributed by atoms with Crippen LogP contribution >= 0.6 is 0 Å². The molecule has 0 atom stereocenters. The first-order valence-corrected chi connectivity index (χ1v) is 8.32. The molecule has 2 heterocycles. The molecule has 23 heavy (non-hydrogen) atoms. The predicted molar refractivity (Wildman–Crippen MR) is 82.5 cm³/mol. The smallest absolute Gasteiger partial charge is 0.268 e. The van der Waals surface area contributed by atoms with Crippen molar-refractivity contribution >= 4 is 27.7 Å². The van der Waals surface area contributed by atoms with Crippen LogP contribution in [0.1, 0.15) is 27.6 Å². The Hall–Kier alpha value is -2.74. The van der Waals surface area contributed by atoms with Crippen molar-refractivity contribution in [2.45, 2.75) is 11.8 Å². The fourth-order valence-corrected chi connectivity index (χ4v) is 3.96. The minimum atomic E-state index is -3.89. The van der Waals surface area contributed by atoms with Crippen molar-refractivity contribution in [3.8, 4) is 0 Å². The molecule has 8 heteroatoms. The highest BCUT2D eigenvalue weighted by atomic mass is 32.2. The number of nitrogens with zero attached hydrogens (tertiary/aromatic N) is 2. The maximum atomic E-state index is 12.3. The highest BCUT2D eigenvalue weighted by Gasteiger charge is 2.40. The Balaban J connectivity index is 1.97. The molecule has 1 aliphatic rings. The van der Waals surface area contributed by atoms with Gasteiger partial charge in [-0.25, -0.2) is 17.7 Å². The zero-order valence-electron chi connectivity index (χ0n) is 12.2. The molecule has 1 aromatic heterocycles. The van der Waals surface area contributed by atoms with E-state index in [0.29, 0.717) is 5.82 Å². The molecule has 0 fully saturated rings. The summed E-state index contributed by atoms with van der Waals surface area (Å²) in [5.41, 5.74) is 0.227. The Morgan fingerprint density at radius 1 is 1.26 bits per heavy atom. The van der Waals surface area contributed by atoms with Crippen LogP contribution in [0, 0.1) is 0 Å². The van der Waals surface area contributed by atoms with Gasteiger partial charge in [0.2, 0.25) is 0 Å². The van der Waals surface area contributed by atoms with Crippen LogP contribution in [0.4, 0.5) is 5.82 Å². The van der Waals surface area contributed by atoms with Gasteiger partial charge in [0.15, 0.2) is 0 Å². The first-order chi connectivity index (χ1) is 10.9. The van der Waals surface area contributed by atoms with Gasteiger partial charge in [-0.2, -0.15) is 0 Å². The number of carbonyl (C=O) groups is 2. The van der Waals surface area contributed by atoms with Crippen molar-refractivity contribution < 1.29 is 18.0 Å². The number of hydrogen-bond donors (Lipinski definition) is 1. The van der Waals surface area contributed by atoms with E-state index in [2.05, 4.69) is 10.3 Å². The lowest BCUT2D eigenvalue weighted by Gasteiger charge is -2.11. The molecule has 0 spiro atoms. The SMILES string of the molecule is CCN1C(=O)c2ccc(C(=O)Nc3ccccn3)cc2S1(=O)=O.